The first-order chi connectivity index (χ1) is 7.98. The molecular formula is C12H13NO4. The molecule has 0 unspecified atom stereocenters. The summed E-state index contributed by atoms with van der Waals surface area (Å²) in [7, 11) is 1.53. The van der Waals surface area contributed by atoms with E-state index in [9.17, 15) is 9.90 Å². The lowest BCUT2D eigenvalue weighted by molar-refractivity contribution is -0.143. The zero-order valence-electron chi connectivity index (χ0n) is 9.85. The molecule has 1 aromatic heterocycles. The van der Waals surface area contributed by atoms with Gasteiger partial charge in [-0.2, -0.15) is 0 Å². The van der Waals surface area contributed by atoms with Gasteiger partial charge in [0.15, 0.2) is 11.3 Å². The minimum absolute atomic E-state index is 0.332. The molecule has 0 radical (unpaired) electrons. The van der Waals surface area contributed by atoms with Gasteiger partial charge in [0, 0.05) is 5.39 Å². The van der Waals surface area contributed by atoms with E-state index >= 15 is 0 Å². The molecule has 1 heterocycles. The molecule has 0 atom stereocenters. The molecule has 0 aliphatic heterocycles. The van der Waals surface area contributed by atoms with Gasteiger partial charge in [-0.3, -0.25) is 4.79 Å². The molecule has 0 bridgehead atoms. The zero-order chi connectivity index (χ0) is 12.6. The van der Waals surface area contributed by atoms with E-state index in [1.54, 1.807) is 32.0 Å². The van der Waals surface area contributed by atoms with Crippen molar-refractivity contribution in [3.8, 4) is 5.75 Å². The van der Waals surface area contributed by atoms with Gasteiger partial charge in [-0.1, -0.05) is 11.2 Å². The van der Waals surface area contributed by atoms with Crippen LogP contribution in [-0.4, -0.2) is 23.3 Å². The lowest BCUT2D eigenvalue weighted by Gasteiger charge is -2.15. The van der Waals surface area contributed by atoms with Gasteiger partial charge >= 0.3 is 5.97 Å². The van der Waals surface area contributed by atoms with E-state index in [1.807, 2.05) is 0 Å². The van der Waals surface area contributed by atoms with E-state index < -0.39 is 11.4 Å². The summed E-state index contributed by atoms with van der Waals surface area (Å²) in [6, 6.07) is 5.30. The summed E-state index contributed by atoms with van der Waals surface area (Å²) in [5.41, 5.74) is -0.583. The lowest BCUT2D eigenvalue weighted by atomic mass is 9.88. The first kappa shape index (κ1) is 11.4. The van der Waals surface area contributed by atoms with Gasteiger partial charge in [-0.25, -0.2) is 0 Å². The van der Waals surface area contributed by atoms with Gasteiger partial charge < -0.3 is 14.4 Å². The molecule has 0 fully saturated rings. The summed E-state index contributed by atoms with van der Waals surface area (Å²) >= 11 is 0. The largest absolute Gasteiger partial charge is 0.494 e. The number of carboxylic acid groups (broad SMARTS) is 1. The molecule has 5 nitrogen and oxygen atoms in total. The molecule has 0 aliphatic rings. The van der Waals surface area contributed by atoms with Crippen LogP contribution in [0.5, 0.6) is 5.75 Å². The number of methoxy groups -OCH3 is 1. The highest BCUT2D eigenvalue weighted by Gasteiger charge is 2.36. The van der Waals surface area contributed by atoms with Crippen molar-refractivity contribution < 1.29 is 19.2 Å². The third-order valence-electron chi connectivity index (χ3n) is 2.79. The average molecular weight is 235 g/mol. The van der Waals surface area contributed by atoms with E-state index in [0.29, 0.717) is 22.4 Å². The molecule has 0 amide bonds. The Kier molecular flexibility index (Phi) is 2.53. The Morgan fingerprint density at radius 3 is 2.76 bits per heavy atom. The van der Waals surface area contributed by atoms with Crippen LogP contribution in [0.2, 0.25) is 0 Å². The van der Waals surface area contributed by atoms with Crippen molar-refractivity contribution in [1.29, 1.82) is 0 Å². The topological polar surface area (TPSA) is 72.6 Å². The van der Waals surface area contributed by atoms with Crippen molar-refractivity contribution in [3.05, 3.63) is 24.0 Å². The van der Waals surface area contributed by atoms with Crippen LogP contribution in [0.4, 0.5) is 0 Å². The molecule has 2 aromatic rings. The number of benzene rings is 1. The van der Waals surface area contributed by atoms with Crippen molar-refractivity contribution in [2.75, 3.05) is 7.11 Å². The summed E-state index contributed by atoms with van der Waals surface area (Å²) in [5.74, 6) is -0.0593. The summed E-state index contributed by atoms with van der Waals surface area (Å²) in [4.78, 5) is 11.2. The molecule has 5 heteroatoms. The normalized spacial score (nSPS) is 11.7. The van der Waals surface area contributed by atoms with Crippen LogP contribution in [0, 0.1) is 0 Å². The van der Waals surface area contributed by atoms with Gasteiger partial charge in [0.05, 0.1) is 7.11 Å². The molecule has 1 N–H and O–H groups in total. The minimum Gasteiger partial charge on any atom is -0.494 e. The lowest BCUT2D eigenvalue weighted by Crippen LogP contribution is -2.28. The van der Waals surface area contributed by atoms with Crippen molar-refractivity contribution >= 4 is 16.9 Å². The second kappa shape index (κ2) is 3.76. The molecule has 1 aromatic carbocycles. The molecule has 17 heavy (non-hydrogen) atoms. The molecule has 0 saturated carbocycles. The highest BCUT2D eigenvalue weighted by molar-refractivity contribution is 5.91. The van der Waals surface area contributed by atoms with E-state index in [4.69, 9.17) is 9.26 Å². The third-order valence-corrected chi connectivity index (χ3v) is 2.79. The van der Waals surface area contributed by atoms with Crippen LogP contribution in [0.3, 0.4) is 0 Å². The Bertz CT molecular complexity index is 571. The van der Waals surface area contributed by atoms with Crippen LogP contribution in [-0.2, 0) is 10.2 Å². The van der Waals surface area contributed by atoms with Crippen LogP contribution >= 0.6 is 0 Å². The Balaban J connectivity index is 2.69. The number of ether oxygens (including phenoxy) is 1. The number of nitrogens with zero attached hydrogens (tertiary/aromatic N) is 1. The number of carboxylic acids is 1. The third kappa shape index (κ3) is 1.63. The predicted octanol–water partition coefficient (Wildman–Crippen LogP) is 2.20. The van der Waals surface area contributed by atoms with Gasteiger partial charge in [0.2, 0.25) is 0 Å². The molecule has 0 aliphatic carbocycles. The predicted molar refractivity (Wildman–Crippen MR) is 61.2 cm³/mol. The highest BCUT2D eigenvalue weighted by atomic mass is 16.5. The summed E-state index contributed by atoms with van der Waals surface area (Å²) in [5, 5.41) is 13.7. The maximum absolute atomic E-state index is 11.2. The Hall–Kier alpha value is -2.04. The summed E-state index contributed by atoms with van der Waals surface area (Å²) < 4.78 is 10.3. The maximum atomic E-state index is 11.2. The standard InChI is InChI=1S/C12H13NO4/c1-12(2,11(14)15)10-7-5-4-6-8(16-3)9(7)13-17-10/h4-6H,1-3H3,(H,14,15). The SMILES string of the molecule is COc1cccc2c(C(C)(C)C(=O)O)onc12. The minimum atomic E-state index is -1.12. The monoisotopic (exact) mass is 235 g/mol. The summed E-state index contributed by atoms with van der Waals surface area (Å²) in [6.45, 7) is 3.16. The van der Waals surface area contributed by atoms with Crippen LogP contribution in [0.25, 0.3) is 10.9 Å². The zero-order valence-corrected chi connectivity index (χ0v) is 9.85. The number of carbonyl (C=O) groups is 1. The second-order valence-corrected chi connectivity index (χ2v) is 4.30. The second-order valence-electron chi connectivity index (χ2n) is 4.30. The van der Waals surface area contributed by atoms with Crippen LogP contribution in [0.1, 0.15) is 19.6 Å². The maximum Gasteiger partial charge on any atom is 0.316 e. The first-order valence-corrected chi connectivity index (χ1v) is 5.14. The number of aromatic nitrogens is 1. The number of hydrogen-bond donors (Lipinski definition) is 1. The smallest absolute Gasteiger partial charge is 0.316 e. The molecular weight excluding hydrogens is 222 g/mol. The Morgan fingerprint density at radius 1 is 1.47 bits per heavy atom. The Labute approximate surface area is 98.0 Å². The highest BCUT2D eigenvalue weighted by Crippen LogP contribution is 2.34. The van der Waals surface area contributed by atoms with E-state index in [0.717, 1.165) is 0 Å². The van der Waals surface area contributed by atoms with Crippen molar-refractivity contribution in [1.82, 2.24) is 5.16 Å². The fraction of sp³-hybridized carbons (Fsp3) is 0.333. The molecule has 90 valence electrons. The van der Waals surface area contributed by atoms with Crippen molar-refractivity contribution in [2.45, 2.75) is 19.3 Å². The van der Waals surface area contributed by atoms with Gasteiger partial charge in [0.25, 0.3) is 0 Å². The summed E-state index contributed by atoms with van der Waals surface area (Å²) in [6.07, 6.45) is 0. The van der Waals surface area contributed by atoms with Gasteiger partial charge in [-0.05, 0) is 26.0 Å². The van der Waals surface area contributed by atoms with Gasteiger partial charge in [0.1, 0.15) is 11.2 Å². The average Bonchev–Trinajstić information content (AvgIpc) is 2.72. The van der Waals surface area contributed by atoms with E-state index in [1.165, 1.54) is 7.11 Å². The molecule has 2 rings (SSSR count). The fourth-order valence-electron chi connectivity index (χ4n) is 1.65. The van der Waals surface area contributed by atoms with E-state index in [2.05, 4.69) is 5.16 Å². The number of fused-ring (bicyclic) bond motifs is 1. The number of aliphatic carboxylic acids is 1. The molecule has 0 saturated heterocycles. The van der Waals surface area contributed by atoms with Crippen molar-refractivity contribution in [2.24, 2.45) is 0 Å². The molecule has 0 spiro atoms. The van der Waals surface area contributed by atoms with Crippen molar-refractivity contribution in [3.63, 3.8) is 0 Å². The van der Waals surface area contributed by atoms with Crippen LogP contribution in [0.15, 0.2) is 22.7 Å². The van der Waals surface area contributed by atoms with Crippen LogP contribution < -0.4 is 4.74 Å². The Morgan fingerprint density at radius 2 is 2.18 bits per heavy atom. The van der Waals surface area contributed by atoms with Gasteiger partial charge in [-0.15, -0.1) is 0 Å². The fourth-order valence-corrected chi connectivity index (χ4v) is 1.65. The first-order valence-electron chi connectivity index (χ1n) is 5.14. The quantitative estimate of drug-likeness (QED) is 0.882. The number of hydrogen-bond acceptors (Lipinski definition) is 4. The van der Waals surface area contributed by atoms with E-state index in [-0.39, 0.29) is 0 Å². The number of rotatable bonds is 3.